The summed E-state index contributed by atoms with van der Waals surface area (Å²) < 4.78 is 0. The van der Waals surface area contributed by atoms with Crippen LogP contribution in [-0.2, 0) is 0 Å². The van der Waals surface area contributed by atoms with Gasteiger partial charge in [-0.05, 0) is 37.3 Å². The van der Waals surface area contributed by atoms with Gasteiger partial charge in [0.05, 0.1) is 0 Å². The highest BCUT2D eigenvalue weighted by atomic mass is 13.7. The Morgan fingerprint density at radius 2 is 1.71 bits per heavy atom. The monoisotopic (exact) mass is 184 g/mol. The van der Waals surface area contributed by atoms with Crippen molar-refractivity contribution in [2.24, 2.45) is 0 Å². The number of unbranched alkanes of at least 4 members (excludes halogenated alkanes) is 1. The third kappa shape index (κ3) is 10.3. The van der Waals surface area contributed by atoms with Crippen LogP contribution in [0.2, 0.25) is 0 Å². The first kappa shape index (κ1) is 12.3. The Morgan fingerprint density at radius 1 is 1.00 bits per heavy atom. The lowest BCUT2D eigenvalue weighted by Crippen LogP contribution is -1.58. The number of rotatable bonds is 3. The molecule has 0 aliphatic rings. The highest BCUT2D eigenvalue weighted by Crippen LogP contribution is 1.88. The van der Waals surface area contributed by atoms with Crippen molar-refractivity contribution in [1.82, 2.24) is 0 Å². The predicted molar refractivity (Wildman–Crippen MR) is 63.6 cm³/mol. The van der Waals surface area contributed by atoms with E-state index in [1.165, 1.54) is 6.42 Å². The molecule has 0 aliphatic heterocycles. The van der Waals surface area contributed by atoms with Crippen LogP contribution in [0.1, 0.15) is 26.7 Å². The lowest BCUT2D eigenvalue weighted by molar-refractivity contribution is 0.959. The topological polar surface area (TPSA) is 0 Å². The van der Waals surface area contributed by atoms with Crippen LogP contribution in [-0.4, -0.2) is 0 Å². The Balaban J connectivity index is 3.76. The maximum atomic E-state index is 2.83. The molecule has 0 bridgehead atoms. The van der Waals surface area contributed by atoms with Gasteiger partial charge in [-0.25, -0.2) is 0 Å². The van der Waals surface area contributed by atoms with Crippen molar-refractivity contribution < 1.29 is 0 Å². The second-order valence-electron chi connectivity index (χ2n) is 2.61. The summed E-state index contributed by atoms with van der Waals surface area (Å²) in [6.07, 6.45) is 13.8. The molecule has 0 fully saturated rings. The molecular formula is C14H16. The van der Waals surface area contributed by atoms with E-state index in [0.29, 0.717) is 0 Å². The first-order valence-corrected chi connectivity index (χ1v) is 4.85. The Morgan fingerprint density at radius 3 is 2.36 bits per heavy atom. The molecule has 0 atom stereocenters. The summed E-state index contributed by atoms with van der Waals surface area (Å²) in [4.78, 5) is 0. The van der Waals surface area contributed by atoms with E-state index in [1.54, 1.807) is 12.2 Å². The van der Waals surface area contributed by atoms with E-state index in [1.807, 2.05) is 25.2 Å². The third-order valence-electron chi connectivity index (χ3n) is 1.34. The van der Waals surface area contributed by atoms with E-state index in [4.69, 9.17) is 0 Å². The van der Waals surface area contributed by atoms with Crippen LogP contribution in [0.3, 0.4) is 0 Å². The molecule has 0 aromatic heterocycles. The molecule has 0 amide bonds. The average Bonchev–Trinajstić information content (AvgIpc) is 2.21. The van der Waals surface area contributed by atoms with Gasteiger partial charge in [-0.1, -0.05) is 49.5 Å². The molecule has 0 saturated carbocycles. The minimum atomic E-state index is 1.12. The molecule has 0 saturated heterocycles. The van der Waals surface area contributed by atoms with Gasteiger partial charge < -0.3 is 0 Å². The molecule has 0 unspecified atom stereocenters. The van der Waals surface area contributed by atoms with Crippen LogP contribution in [0.15, 0.2) is 36.5 Å². The van der Waals surface area contributed by atoms with E-state index in [-0.39, 0.29) is 0 Å². The lowest BCUT2D eigenvalue weighted by atomic mass is 10.3. The average molecular weight is 184 g/mol. The van der Waals surface area contributed by atoms with Gasteiger partial charge in [-0.3, -0.25) is 0 Å². The second-order valence-corrected chi connectivity index (χ2v) is 2.61. The Bertz CT molecular complexity index is 319. The van der Waals surface area contributed by atoms with Crippen molar-refractivity contribution in [1.29, 1.82) is 0 Å². The number of hydrogen-bond acceptors (Lipinski definition) is 0. The van der Waals surface area contributed by atoms with Gasteiger partial charge in [0, 0.05) is 0 Å². The molecule has 72 valence electrons. The maximum absolute atomic E-state index is 2.83. The van der Waals surface area contributed by atoms with Gasteiger partial charge in [-0.15, -0.1) is 0 Å². The number of allylic oxidation sites excluding steroid dienone is 6. The van der Waals surface area contributed by atoms with Crippen LogP contribution in [0.5, 0.6) is 0 Å². The van der Waals surface area contributed by atoms with Crippen molar-refractivity contribution in [3.63, 3.8) is 0 Å². The second kappa shape index (κ2) is 11.3. The van der Waals surface area contributed by atoms with Gasteiger partial charge in [0.25, 0.3) is 0 Å². The maximum Gasteiger partial charge on any atom is -0.0102 e. The molecule has 14 heavy (non-hydrogen) atoms. The van der Waals surface area contributed by atoms with Crippen molar-refractivity contribution in [3.05, 3.63) is 36.5 Å². The summed E-state index contributed by atoms with van der Waals surface area (Å²) in [6, 6.07) is 0. The van der Waals surface area contributed by atoms with Crippen molar-refractivity contribution in [2.45, 2.75) is 26.7 Å². The zero-order valence-corrected chi connectivity index (χ0v) is 8.88. The fourth-order valence-electron chi connectivity index (χ4n) is 0.684. The lowest BCUT2D eigenvalue weighted by Gasteiger charge is -1.78. The zero-order chi connectivity index (χ0) is 10.5. The SMILES string of the molecule is CC=CC#CC#CC=CC=CCCC. The van der Waals surface area contributed by atoms with Gasteiger partial charge >= 0.3 is 0 Å². The molecule has 0 aromatic rings. The molecule has 0 rings (SSSR count). The first-order chi connectivity index (χ1) is 6.91. The van der Waals surface area contributed by atoms with E-state index in [9.17, 15) is 0 Å². The molecule has 0 spiro atoms. The van der Waals surface area contributed by atoms with Gasteiger partial charge in [0.2, 0.25) is 0 Å². The Labute approximate surface area is 87.4 Å². The summed E-state index contributed by atoms with van der Waals surface area (Å²) in [5.41, 5.74) is 0. The summed E-state index contributed by atoms with van der Waals surface area (Å²) in [7, 11) is 0. The quantitative estimate of drug-likeness (QED) is 0.465. The standard InChI is InChI=1S/C14H16/c1-3-5-7-9-11-13-14-12-10-8-6-4-2/h3,5,8,10,12,14H,4,6H2,1-2H3. The Hall–Kier alpha value is -1.66. The highest BCUT2D eigenvalue weighted by Gasteiger charge is 1.68. The third-order valence-corrected chi connectivity index (χ3v) is 1.34. The van der Waals surface area contributed by atoms with Crippen molar-refractivity contribution >= 4 is 0 Å². The molecule has 0 aromatic carbocycles. The van der Waals surface area contributed by atoms with Crippen LogP contribution in [0.25, 0.3) is 0 Å². The normalized spacial score (nSPS) is 10.1. The summed E-state index contributed by atoms with van der Waals surface area (Å²) in [5.74, 6) is 11.1. The van der Waals surface area contributed by atoms with E-state index in [2.05, 4.69) is 36.7 Å². The predicted octanol–water partition coefficient (Wildman–Crippen LogP) is 3.48. The van der Waals surface area contributed by atoms with Crippen LogP contribution in [0.4, 0.5) is 0 Å². The largest absolute Gasteiger partial charge is 0.0845 e. The summed E-state index contributed by atoms with van der Waals surface area (Å²) >= 11 is 0. The van der Waals surface area contributed by atoms with Gasteiger partial charge in [0.1, 0.15) is 0 Å². The molecule has 0 radical (unpaired) electrons. The van der Waals surface area contributed by atoms with E-state index >= 15 is 0 Å². The van der Waals surface area contributed by atoms with E-state index < -0.39 is 0 Å². The number of hydrogen-bond donors (Lipinski definition) is 0. The first-order valence-electron chi connectivity index (χ1n) is 4.85. The van der Waals surface area contributed by atoms with Crippen LogP contribution in [0, 0.1) is 23.7 Å². The van der Waals surface area contributed by atoms with Crippen molar-refractivity contribution in [3.8, 4) is 23.7 Å². The minimum absolute atomic E-state index is 1.12. The summed E-state index contributed by atoms with van der Waals surface area (Å²) in [5, 5.41) is 0. The molecular weight excluding hydrogens is 168 g/mol. The molecule has 0 nitrogen and oxygen atoms in total. The zero-order valence-electron chi connectivity index (χ0n) is 8.88. The fraction of sp³-hybridized carbons (Fsp3) is 0.286. The minimum Gasteiger partial charge on any atom is -0.0845 e. The molecule has 0 aliphatic carbocycles. The Kier molecular flexibility index (Phi) is 10.00. The molecule has 0 heteroatoms. The van der Waals surface area contributed by atoms with Crippen LogP contribution >= 0.6 is 0 Å². The fourth-order valence-corrected chi connectivity index (χ4v) is 0.684. The molecule has 0 heterocycles. The van der Waals surface area contributed by atoms with E-state index in [0.717, 1.165) is 6.42 Å². The highest BCUT2D eigenvalue weighted by molar-refractivity contribution is 5.34. The smallest absolute Gasteiger partial charge is 0.0102 e. The van der Waals surface area contributed by atoms with Gasteiger partial charge in [0.15, 0.2) is 0 Å². The van der Waals surface area contributed by atoms with Gasteiger partial charge in [-0.2, -0.15) is 0 Å². The molecule has 0 N–H and O–H groups in total. The summed E-state index contributed by atoms with van der Waals surface area (Å²) in [6.45, 7) is 4.09. The van der Waals surface area contributed by atoms with Crippen LogP contribution < -0.4 is 0 Å². The van der Waals surface area contributed by atoms with Crippen molar-refractivity contribution in [2.75, 3.05) is 0 Å².